The van der Waals surface area contributed by atoms with Crippen LogP contribution in [0.4, 0.5) is 0 Å². The molecule has 2 aromatic rings. The quantitative estimate of drug-likeness (QED) is 0.872. The molecule has 0 atom stereocenters. The Labute approximate surface area is 121 Å². The summed E-state index contributed by atoms with van der Waals surface area (Å²) >= 11 is 0. The number of aromatic nitrogens is 2. The summed E-state index contributed by atoms with van der Waals surface area (Å²) in [7, 11) is 1.73. The molecule has 20 heavy (non-hydrogen) atoms. The maximum absolute atomic E-state index is 5.02. The van der Waals surface area contributed by atoms with Crippen LogP contribution in [0.15, 0.2) is 30.6 Å². The van der Waals surface area contributed by atoms with Gasteiger partial charge in [0.15, 0.2) is 0 Å². The Kier molecular flexibility index (Phi) is 6.54. The standard InChI is InChI=1S/C11H14N2O.C5H11N/c1-14-9-3-7-13-8-5-10-4-2-6-12-11(10)13;1-2-4-6-5-3-1/h2,4-6,8H,3,7,9H2,1H3;6H,1-5H2. The Hall–Kier alpha value is -1.39. The lowest BCUT2D eigenvalue weighted by molar-refractivity contribution is 0.190. The number of aryl methyl sites for hydroxylation is 1. The molecule has 110 valence electrons. The average molecular weight is 275 g/mol. The Balaban J connectivity index is 0.000000205. The van der Waals surface area contributed by atoms with Gasteiger partial charge < -0.3 is 14.6 Å². The van der Waals surface area contributed by atoms with Crippen LogP contribution in [0.2, 0.25) is 0 Å². The van der Waals surface area contributed by atoms with E-state index in [1.165, 1.54) is 37.7 Å². The number of piperidine rings is 1. The Morgan fingerprint density at radius 2 is 2.10 bits per heavy atom. The van der Waals surface area contributed by atoms with E-state index in [1.54, 1.807) is 7.11 Å². The van der Waals surface area contributed by atoms with Crippen molar-refractivity contribution in [3.63, 3.8) is 0 Å². The molecule has 0 bridgehead atoms. The first kappa shape index (κ1) is 15.0. The molecule has 0 spiro atoms. The van der Waals surface area contributed by atoms with Crippen molar-refractivity contribution < 1.29 is 4.74 Å². The number of ether oxygens (including phenoxy) is 1. The molecule has 2 aromatic heterocycles. The molecule has 1 aliphatic rings. The average Bonchev–Trinajstić information content (AvgIpc) is 2.94. The van der Waals surface area contributed by atoms with Crippen LogP contribution in [0.25, 0.3) is 11.0 Å². The second-order valence-corrected chi connectivity index (χ2v) is 5.08. The Morgan fingerprint density at radius 3 is 2.75 bits per heavy atom. The van der Waals surface area contributed by atoms with Crippen LogP contribution in [0.3, 0.4) is 0 Å². The minimum atomic E-state index is 0.798. The zero-order valence-electron chi connectivity index (χ0n) is 12.3. The van der Waals surface area contributed by atoms with Crippen molar-refractivity contribution in [1.82, 2.24) is 14.9 Å². The molecule has 0 amide bonds. The molecule has 1 saturated heterocycles. The third-order valence-corrected chi connectivity index (χ3v) is 3.48. The second-order valence-electron chi connectivity index (χ2n) is 5.08. The van der Waals surface area contributed by atoms with E-state index in [0.29, 0.717) is 0 Å². The second kappa shape index (κ2) is 8.72. The normalized spacial score (nSPS) is 14.8. The fourth-order valence-electron chi connectivity index (χ4n) is 2.38. The summed E-state index contributed by atoms with van der Waals surface area (Å²) < 4.78 is 7.18. The maximum Gasteiger partial charge on any atom is 0.139 e. The van der Waals surface area contributed by atoms with Gasteiger partial charge in [-0.05, 0) is 50.6 Å². The van der Waals surface area contributed by atoms with Gasteiger partial charge in [-0.3, -0.25) is 0 Å². The van der Waals surface area contributed by atoms with Gasteiger partial charge in [0.1, 0.15) is 5.65 Å². The largest absolute Gasteiger partial charge is 0.385 e. The topological polar surface area (TPSA) is 39.1 Å². The number of methoxy groups -OCH3 is 1. The van der Waals surface area contributed by atoms with Crippen LogP contribution >= 0.6 is 0 Å². The number of rotatable bonds is 4. The molecule has 0 saturated carbocycles. The van der Waals surface area contributed by atoms with E-state index < -0.39 is 0 Å². The number of hydrogen-bond acceptors (Lipinski definition) is 3. The fraction of sp³-hybridized carbons (Fsp3) is 0.562. The van der Waals surface area contributed by atoms with E-state index in [9.17, 15) is 0 Å². The van der Waals surface area contributed by atoms with Crippen molar-refractivity contribution in [3.8, 4) is 0 Å². The van der Waals surface area contributed by atoms with Crippen molar-refractivity contribution >= 4 is 11.0 Å². The molecule has 0 aromatic carbocycles. The maximum atomic E-state index is 5.02. The van der Waals surface area contributed by atoms with Gasteiger partial charge in [-0.25, -0.2) is 4.98 Å². The highest BCUT2D eigenvalue weighted by Gasteiger charge is 1.99. The van der Waals surface area contributed by atoms with Gasteiger partial charge in [0.25, 0.3) is 0 Å². The van der Waals surface area contributed by atoms with Crippen LogP contribution in [-0.2, 0) is 11.3 Å². The third-order valence-electron chi connectivity index (χ3n) is 3.48. The first-order chi connectivity index (χ1) is 9.92. The molecule has 1 fully saturated rings. The summed E-state index contributed by atoms with van der Waals surface area (Å²) in [6.45, 7) is 4.26. The van der Waals surface area contributed by atoms with Gasteiger partial charge in [0, 0.05) is 38.0 Å². The molecule has 3 rings (SSSR count). The predicted octanol–water partition coefficient (Wildman–Crippen LogP) is 2.83. The zero-order chi connectivity index (χ0) is 14.0. The number of pyridine rings is 1. The molecule has 1 aliphatic heterocycles. The number of hydrogen-bond donors (Lipinski definition) is 1. The van der Waals surface area contributed by atoms with E-state index in [-0.39, 0.29) is 0 Å². The Bertz CT molecular complexity index is 480. The summed E-state index contributed by atoms with van der Waals surface area (Å²) in [6, 6.07) is 6.13. The van der Waals surface area contributed by atoms with Crippen LogP contribution in [0.5, 0.6) is 0 Å². The van der Waals surface area contributed by atoms with Gasteiger partial charge in [0.05, 0.1) is 0 Å². The van der Waals surface area contributed by atoms with Gasteiger partial charge in [0.2, 0.25) is 0 Å². The summed E-state index contributed by atoms with van der Waals surface area (Å²) in [5, 5.41) is 4.48. The molecule has 1 N–H and O–H groups in total. The van der Waals surface area contributed by atoms with Gasteiger partial charge in [-0.15, -0.1) is 0 Å². The number of nitrogens with one attached hydrogen (secondary N) is 1. The third kappa shape index (κ3) is 4.62. The molecular formula is C16H25N3O. The van der Waals surface area contributed by atoms with Crippen molar-refractivity contribution in [1.29, 1.82) is 0 Å². The highest BCUT2D eigenvalue weighted by molar-refractivity contribution is 5.75. The van der Waals surface area contributed by atoms with Crippen molar-refractivity contribution in [3.05, 3.63) is 30.6 Å². The monoisotopic (exact) mass is 275 g/mol. The first-order valence-corrected chi connectivity index (χ1v) is 7.51. The summed E-state index contributed by atoms with van der Waals surface area (Å²) in [6.07, 6.45) is 9.15. The molecule has 4 heteroatoms. The lowest BCUT2D eigenvalue weighted by Gasteiger charge is -2.08. The van der Waals surface area contributed by atoms with Crippen LogP contribution in [0.1, 0.15) is 25.7 Å². The van der Waals surface area contributed by atoms with E-state index >= 15 is 0 Å². The molecule has 0 radical (unpaired) electrons. The van der Waals surface area contributed by atoms with Crippen LogP contribution in [-0.4, -0.2) is 36.4 Å². The number of fused-ring (bicyclic) bond motifs is 1. The SMILES string of the molecule is C1CCNCC1.COCCCn1ccc2cccnc21. The van der Waals surface area contributed by atoms with E-state index in [4.69, 9.17) is 4.74 Å². The number of nitrogens with zero attached hydrogens (tertiary/aromatic N) is 2. The highest BCUT2D eigenvalue weighted by Crippen LogP contribution is 2.12. The molecule has 0 aliphatic carbocycles. The fourth-order valence-corrected chi connectivity index (χ4v) is 2.38. The van der Waals surface area contributed by atoms with Crippen molar-refractivity contribution in [2.45, 2.75) is 32.2 Å². The molecule has 4 nitrogen and oxygen atoms in total. The molecule has 0 unspecified atom stereocenters. The Morgan fingerprint density at radius 1 is 1.25 bits per heavy atom. The van der Waals surface area contributed by atoms with Crippen LogP contribution < -0.4 is 5.32 Å². The minimum Gasteiger partial charge on any atom is -0.385 e. The lowest BCUT2D eigenvalue weighted by atomic mass is 10.2. The summed E-state index contributed by atoms with van der Waals surface area (Å²) in [5.41, 5.74) is 1.06. The summed E-state index contributed by atoms with van der Waals surface area (Å²) in [5.74, 6) is 0. The smallest absolute Gasteiger partial charge is 0.139 e. The zero-order valence-corrected chi connectivity index (χ0v) is 12.3. The van der Waals surface area contributed by atoms with Gasteiger partial charge >= 0.3 is 0 Å². The van der Waals surface area contributed by atoms with Gasteiger partial charge in [-0.2, -0.15) is 0 Å². The molecular weight excluding hydrogens is 250 g/mol. The minimum absolute atomic E-state index is 0.798. The lowest BCUT2D eigenvalue weighted by Crippen LogP contribution is -2.21. The van der Waals surface area contributed by atoms with Gasteiger partial charge in [-0.1, -0.05) is 6.42 Å². The first-order valence-electron chi connectivity index (χ1n) is 7.51. The van der Waals surface area contributed by atoms with Crippen molar-refractivity contribution in [2.24, 2.45) is 0 Å². The van der Waals surface area contributed by atoms with Crippen molar-refractivity contribution in [2.75, 3.05) is 26.8 Å². The van der Waals surface area contributed by atoms with E-state index in [0.717, 1.165) is 25.2 Å². The highest BCUT2D eigenvalue weighted by atomic mass is 16.5. The van der Waals surface area contributed by atoms with E-state index in [1.807, 2.05) is 12.3 Å². The molecule has 3 heterocycles. The van der Waals surface area contributed by atoms with Crippen LogP contribution in [0, 0.1) is 0 Å². The predicted molar refractivity (Wildman–Crippen MR) is 82.9 cm³/mol. The summed E-state index contributed by atoms with van der Waals surface area (Å²) in [4.78, 5) is 4.34. The van der Waals surface area contributed by atoms with E-state index in [2.05, 4.69) is 33.2 Å².